The van der Waals surface area contributed by atoms with Gasteiger partial charge in [0.15, 0.2) is 5.76 Å². The van der Waals surface area contributed by atoms with Crippen molar-refractivity contribution in [1.29, 1.82) is 0 Å². The van der Waals surface area contributed by atoms with Crippen LogP contribution in [-0.2, 0) is 17.7 Å². The minimum Gasteiger partial charge on any atom is -0.423 e. The van der Waals surface area contributed by atoms with E-state index in [1.54, 1.807) is 25.1 Å². The third-order valence-corrected chi connectivity index (χ3v) is 3.58. The predicted octanol–water partition coefficient (Wildman–Crippen LogP) is 1.02. The number of benzene rings is 1. The van der Waals surface area contributed by atoms with Gasteiger partial charge in [-0.2, -0.15) is 0 Å². The molecule has 7 heteroatoms. The van der Waals surface area contributed by atoms with Crippen LogP contribution in [0.5, 0.6) is 0 Å². The summed E-state index contributed by atoms with van der Waals surface area (Å²) in [5, 5.41) is 16.4. The smallest absolute Gasteiger partial charge is 0.423 e. The summed E-state index contributed by atoms with van der Waals surface area (Å²) in [6.07, 6.45) is 0.670. The van der Waals surface area contributed by atoms with Crippen LogP contribution in [0, 0.1) is 6.92 Å². The van der Waals surface area contributed by atoms with Crippen molar-refractivity contribution in [2.24, 2.45) is 0 Å². The van der Waals surface area contributed by atoms with Crippen LogP contribution in [0.3, 0.4) is 0 Å². The molecule has 1 aliphatic heterocycles. The molecule has 0 saturated heterocycles. The summed E-state index contributed by atoms with van der Waals surface area (Å²) in [4.78, 5) is 12.3. The topological polar surface area (TPSA) is 84.6 Å². The molecule has 0 bridgehead atoms. The van der Waals surface area contributed by atoms with Crippen molar-refractivity contribution in [2.75, 3.05) is 5.32 Å². The van der Waals surface area contributed by atoms with Crippen molar-refractivity contribution in [1.82, 2.24) is 5.16 Å². The van der Waals surface area contributed by atoms with Crippen LogP contribution in [0.1, 0.15) is 34.3 Å². The Morgan fingerprint density at radius 3 is 3.10 bits per heavy atom. The van der Waals surface area contributed by atoms with E-state index < -0.39 is 7.12 Å². The zero-order valence-electron chi connectivity index (χ0n) is 11.8. The highest BCUT2D eigenvalue weighted by Crippen LogP contribution is 2.21. The number of hydrogen-bond acceptors (Lipinski definition) is 5. The van der Waals surface area contributed by atoms with E-state index in [0.29, 0.717) is 41.2 Å². The Kier molecular flexibility index (Phi) is 3.53. The molecule has 1 aliphatic rings. The molecule has 2 aromatic rings. The summed E-state index contributed by atoms with van der Waals surface area (Å²) < 4.78 is 10.2. The molecule has 0 radical (unpaired) electrons. The standard InChI is InChI=1S/C14H15BN2O4/c1-3-12-13(8(2)21-17-12)16-14(18)9-4-5-10-7-20-15(19)11(10)6-9/h4-6,19H,3,7H2,1-2H3,(H,16,18). The fourth-order valence-electron chi connectivity index (χ4n) is 2.36. The largest absolute Gasteiger partial charge is 0.491 e. The minimum atomic E-state index is -0.962. The van der Waals surface area contributed by atoms with E-state index in [2.05, 4.69) is 10.5 Å². The number of rotatable bonds is 3. The molecule has 0 fully saturated rings. The monoisotopic (exact) mass is 286 g/mol. The molecule has 2 heterocycles. The van der Waals surface area contributed by atoms with Crippen molar-refractivity contribution >= 4 is 24.2 Å². The zero-order valence-corrected chi connectivity index (χ0v) is 11.8. The Morgan fingerprint density at radius 2 is 2.33 bits per heavy atom. The molecule has 1 amide bonds. The van der Waals surface area contributed by atoms with Crippen molar-refractivity contribution < 1.29 is 19.0 Å². The normalized spacial score (nSPS) is 13.4. The first-order valence-corrected chi connectivity index (χ1v) is 6.79. The quantitative estimate of drug-likeness (QED) is 0.823. The van der Waals surface area contributed by atoms with Crippen LogP contribution in [0.2, 0.25) is 0 Å². The fourth-order valence-corrected chi connectivity index (χ4v) is 2.36. The van der Waals surface area contributed by atoms with Gasteiger partial charge in [-0.3, -0.25) is 4.79 Å². The summed E-state index contributed by atoms with van der Waals surface area (Å²) in [5.41, 5.74) is 3.32. The van der Waals surface area contributed by atoms with Crippen LogP contribution in [-0.4, -0.2) is 23.2 Å². The SMILES string of the molecule is CCc1noc(C)c1NC(=O)c1ccc2c(c1)B(O)OC2. The molecule has 6 nitrogen and oxygen atoms in total. The summed E-state index contributed by atoms with van der Waals surface area (Å²) in [6.45, 7) is 4.06. The zero-order chi connectivity index (χ0) is 15.0. The van der Waals surface area contributed by atoms with Crippen LogP contribution in [0.25, 0.3) is 0 Å². The fraction of sp³-hybridized carbons (Fsp3) is 0.286. The third-order valence-electron chi connectivity index (χ3n) is 3.58. The number of aromatic nitrogens is 1. The number of aryl methyl sites for hydroxylation is 2. The second-order valence-electron chi connectivity index (χ2n) is 4.95. The van der Waals surface area contributed by atoms with Gasteiger partial charge in [-0.1, -0.05) is 18.1 Å². The highest BCUT2D eigenvalue weighted by Gasteiger charge is 2.28. The summed E-state index contributed by atoms with van der Waals surface area (Å²) in [7, 11) is -0.962. The van der Waals surface area contributed by atoms with E-state index in [9.17, 15) is 9.82 Å². The van der Waals surface area contributed by atoms with Gasteiger partial charge in [0.25, 0.3) is 5.91 Å². The van der Waals surface area contributed by atoms with E-state index >= 15 is 0 Å². The highest BCUT2D eigenvalue weighted by atomic mass is 16.5. The van der Waals surface area contributed by atoms with E-state index in [4.69, 9.17) is 9.18 Å². The van der Waals surface area contributed by atoms with Gasteiger partial charge in [0, 0.05) is 5.56 Å². The van der Waals surface area contributed by atoms with Gasteiger partial charge < -0.3 is 19.5 Å². The van der Waals surface area contributed by atoms with E-state index in [-0.39, 0.29) is 5.91 Å². The van der Waals surface area contributed by atoms with Gasteiger partial charge >= 0.3 is 7.12 Å². The molecule has 2 N–H and O–H groups in total. The maximum absolute atomic E-state index is 12.3. The lowest BCUT2D eigenvalue weighted by molar-refractivity contribution is 0.102. The maximum atomic E-state index is 12.3. The third kappa shape index (κ3) is 2.45. The molecular formula is C14H15BN2O4. The number of nitrogens with zero attached hydrogens (tertiary/aromatic N) is 1. The lowest BCUT2D eigenvalue weighted by atomic mass is 9.79. The Morgan fingerprint density at radius 1 is 1.52 bits per heavy atom. The molecule has 1 aromatic carbocycles. The Balaban J connectivity index is 1.86. The second kappa shape index (κ2) is 5.35. The average molecular weight is 286 g/mol. The second-order valence-corrected chi connectivity index (χ2v) is 4.95. The highest BCUT2D eigenvalue weighted by molar-refractivity contribution is 6.61. The molecule has 1 aromatic heterocycles. The average Bonchev–Trinajstić information content (AvgIpc) is 3.03. The number of hydrogen-bond donors (Lipinski definition) is 2. The lowest BCUT2D eigenvalue weighted by Crippen LogP contribution is -2.29. The summed E-state index contributed by atoms with van der Waals surface area (Å²) in [6, 6.07) is 5.16. The molecule has 21 heavy (non-hydrogen) atoms. The Hall–Kier alpha value is -2.12. The van der Waals surface area contributed by atoms with Gasteiger partial charge in [0.1, 0.15) is 11.4 Å². The van der Waals surface area contributed by atoms with Crippen molar-refractivity contribution in [3.05, 3.63) is 40.8 Å². The Bertz CT molecular complexity index is 698. The summed E-state index contributed by atoms with van der Waals surface area (Å²) in [5.74, 6) is 0.308. The maximum Gasteiger partial charge on any atom is 0.491 e. The number of carbonyl (C=O) groups excluding carboxylic acids is 1. The van der Waals surface area contributed by atoms with Crippen molar-refractivity contribution in [3.63, 3.8) is 0 Å². The van der Waals surface area contributed by atoms with Gasteiger partial charge in [0.2, 0.25) is 0 Å². The van der Waals surface area contributed by atoms with E-state index in [0.717, 1.165) is 5.56 Å². The molecule has 0 unspecified atom stereocenters. The molecule has 0 aliphatic carbocycles. The molecule has 0 atom stereocenters. The molecule has 0 saturated carbocycles. The lowest BCUT2D eigenvalue weighted by Gasteiger charge is -2.07. The predicted molar refractivity (Wildman–Crippen MR) is 77.4 cm³/mol. The van der Waals surface area contributed by atoms with Crippen molar-refractivity contribution in [3.8, 4) is 0 Å². The number of nitrogens with one attached hydrogen (secondary N) is 1. The molecule has 3 rings (SSSR count). The number of amides is 1. The summed E-state index contributed by atoms with van der Waals surface area (Å²) >= 11 is 0. The first-order chi connectivity index (χ1) is 10.1. The minimum absolute atomic E-state index is 0.266. The number of anilines is 1. The molecule has 108 valence electrons. The van der Waals surface area contributed by atoms with Gasteiger partial charge in [0.05, 0.1) is 6.61 Å². The van der Waals surface area contributed by atoms with Gasteiger partial charge in [-0.25, -0.2) is 0 Å². The number of fused-ring (bicyclic) bond motifs is 1. The van der Waals surface area contributed by atoms with Crippen LogP contribution >= 0.6 is 0 Å². The van der Waals surface area contributed by atoms with E-state index in [1.807, 2.05) is 6.92 Å². The van der Waals surface area contributed by atoms with Crippen LogP contribution in [0.15, 0.2) is 22.7 Å². The van der Waals surface area contributed by atoms with Crippen LogP contribution < -0.4 is 10.8 Å². The Labute approximate surface area is 122 Å². The first kappa shape index (κ1) is 13.8. The van der Waals surface area contributed by atoms with Gasteiger partial charge in [-0.15, -0.1) is 0 Å². The first-order valence-electron chi connectivity index (χ1n) is 6.79. The number of carbonyl (C=O) groups is 1. The molecular weight excluding hydrogens is 271 g/mol. The van der Waals surface area contributed by atoms with Gasteiger partial charge in [-0.05, 0) is 36.5 Å². The molecule has 0 spiro atoms. The van der Waals surface area contributed by atoms with Crippen molar-refractivity contribution in [2.45, 2.75) is 26.9 Å². The van der Waals surface area contributed by atoms with Crippen LogP contribution in [0.4, 0.5) is 5.69 Å². The van der Waals surface area contributed by atoms with E-state index in [1.165, 1.54) is 0 Å².